The third-order valence-corrected chi connectivity index (χ3v) is 3.73. The Morgan fingerprint density at radius 3 is 2.80 bits per heavy atom. The van der Waals surface area contributed by atoms with E-state index < -0.39 is 0 Å². The fourth-order valence-electron chi connectivity index (χ4n) is 2.40. The third-order valence-electron chi connectivity index (χ3n) is 3.38. The Kier molecular flexibility index (Phi) is 3.68. The monoisotopic (exact) mass is 282 g/mol. The molecule has 0 saturated heterocycles. The summed E-state index contributed by atoms with van der Waals surface area (Å²) in [7, 11) is 1.92. The lowest BCUT2D eigenvalue weighted by atomic mass is 9.99. The predicted molar refractivity (Wildman–Crippen MR) is 85.0 cm³/mol. The lowest BCUT2D eigenvalue weighted by Gasteiger charge is -2.09. The summed E-state index contributed by atoms with van der Waals surface area (Å²) in [6, 6.07) is 16.4. The van der Waals surface area contributed by atoms with Crippen LogP contribution in [0.2, 0.25) is 5.02 Å². The Bertz CT molecular complexity index is 748. The predicted octanol–water partition coefficient (Wildman–Crippen LogP) is 4.27. The van der Waals surface area contributed by atoms with Gasteiger partial charge in [0.05, 0.1) is 5.52 Å². The highest BCUT2D eigenvalue weighted by Crippen LogP contribution is 2.30. The summed E-state index contributed by atoms with van der Waals surface area (Å²) in [5, 5.41) is 5.05. The standard InChI is InChI=1S/C17H15ClN2/c1-19-11-13-8-7-12(10-16(13)18)14-4-2-6-17-15(14)5-3-9-20-17/h2-10,19H,11H2,1H3. The molecule has 0 radical (unpaired) electrons. The second-order valence-corrected chi connectivity index (χ2v) is 5.12. The van der Waals surface area contributed by atoms with Gasteiger partial charge in [0, 0.05) is 23.2 Å². The number of fused-ring (bicyclic) bond motifs is 1. The van der Waals surface area contributed by atoms with Gasteiger partial charge in [-0.15, -0.1) is 0 Å². The van der Waals surface area contributed by atoms with E-state index in [1.54, 1.807) is 0 Å². The van der Waals surface area contributed by atoms with Gasteiger partial charge in [-0.05, 0) is 41.9 Å². The van der Waals surface area contributed by atoms with Crippen molar-refractivity contribution in [2.24, 2.45) is 0 Å². The summed E-state index contributed by atoms with van der Waals surface area (Å²) in [6.45, 7) is 0.774. The Hall–Kier alpha value is -1.90. The van der Waals surface area contributed by atoms with Crippen molar-refractivity contribution in [1.82, 2.24) is 10.3 Å². The number of aromatic nitrogens is 1. The molecule has 20 heavy (non-hydrogen) atoms. The Morgan fingerprint density at radius 2 is 2.00 bits per heavy atom. The van der Waals surface area contributed by atoms with Crippen LogP contribution in [0.1, 0.15) is 5.56 Å². The molecule has 3 heteroatoms. The average molecular weight is 283 g/mol. The van der Waals surface area contributed by atoms with Crippen molar-refractivity contribution in [2.75, 3.05) is 7.05 Å². The highest BCUT2D eigenvalue weighted by atomic mass is 35.5. The molecule has 0 fully saturated rings. The minimum atomic E-state index is 0.774. The van der Waals surface area contributed by atoms with Crippen LogP contribution in [-0.2, 0) is 6.54 Å². The largest absolute Gasteiger partial charge is 0.316 e. The number of benzene rings is 2. The topological polar surface area (TPSA) is 24.9 Å². The number of halogens is 1. The first kappa shape index (κ1) is 13.1. The number of rotatable bonds is 3. The van der Waals surface area contributed by atoms with E-state index in [0.29, 0.717) is 0 Å². The lowest BCUT2D eigenvalue weighted by molar-refractivity contribution is 0.818. The van der Waals surface area contributed by atoms with Crippen molar-refractivity contribution in [3.63, 3.8) is 0 Å². The second-order valence-electron chi connectivity index (χ2n) is 4.71. The molecule has 1 heterocycles. The van der Waals surface area contributed by atoms with E-state index in [1.165, 1.54) is 0 Å². The number of nitrogens with zero attached hydrogens (tertiary/aromatic N) is 1. The van der Waals surface area contributed by atoms with Gasteiger partial charge in [-0.2, -0.15) is 0 Å². The zero-order chi connectivity index (χ0) is 13.9. The summed E-state index contributed by atoms with van der Waals surface area (Å²) in [6.07, 6.45) is 1.81. The van der Waals surface area contributed by atoms with Gasteiger partial charge in [0.1, 0.15) is 0 Å². The minimum Gasteiger partial charge on any atom is -0.316 e. The summed E-state index contributed by atoms with van der Waals surface area (Å²) in [5.74, 6) is 0. The highest BCUT2D eigenvalue weighted by Gasteiger charge is 2.06. The van der Waals surface area contributed by atoms with Crippen LogP contribution < -0.4 is 5.32 Å². The molecule has 2 aromatic carbocycles. The van der Waals surface area contributed by atoms with E-state index in [0.717, 1.165) is 39.2 Å². The maximum Gasteiger partial charge on any atom is 0.0708 e. The summed E-state index contributed by atoms with van der Waals surface area (Å²) >= 11 is 6.35. The summed E-state index contributed by atoms with van der Waals surface area (Å²) < 4.78 is 0. The molecule has 3 rings (SSSR count). The van der Waals surface area contributed by atoms with Gasteiger partial charge in [-0.1, -0.05) is 41.9 Å². The fraction of sp³-hybridized carbons (Fsp3) is 0.118. The van der Waals surface area contributed by atoms with Crippen molar-refractivity contribution in [1.29, 1.82) is 0 Å². The zero-order valence-corrected chi connectivity index (χ0v) is 12.0. The van der Waals surface area contributed by atoms with Crippen LogP contribution in [-0.4, -0.2) is 12.0 Å². The molecule has 2 nitrogen and oxygen atoms in total. The molecular weight excluding hydrogens is 268 g/mol. The molecule has 3 aromatic rings. The molecule has 1 N–H and O–H groups in total. The fourth-order valence-corrected chi connectivity index (χ4v) is 2.65. The van der Waals surface area contributed by atoms with E-state index in [9.17, 15) is 0 Å². The zero-order valence-electron chi connectivity index (χ0n) is 11.2. The van der Waals surface area contributed by atoms with Crippen LogP contribution in [0.5, 0.6) is 0 Å². The molecule has 0 atom stereocenters. The molecule has 0 aliphatic heterocycles. The van der Waals surface area contributed by atoms with Gasteiger partial charge in [0.25, 0.3) is 0 Å². The van der Waals surface area contributed by atoms with Gasteiger partial charge < -0.3 is 5.32 Å². The van der Waals surface area contributed by atoms with E-state index in [-0.39, 0.29) is 0 Å². The van der Waals surface area contributed by atoms with E-state index in [4.69, 9.17) is 11.6 Å². The highest BCUT2D eigenvalue weighted by molar-refractivity contribution is 6.31. The number of nitrogens with one attached hydrogen (secondary N) is 1. The lowest BCUT2D eigenvalue weighted by Crippen LogP contribution is -2.05. The Balaban J connectivity index is 2.14. The molecule has 0 unspecified atom stereocenters. The van der Waals surface area contributed by atoms with Crippen LogP contribution in [0.4, 0.5) is 0 Å². The van der Waals surface area contributed by atoms with Crippen molar-refractivity contribution in [2.45, 2.75) is 6.54 Å². The number of pyridine rings is 1. The maximum atomic E-state index is 6.35. The average Bonchev–Trinajstić information content (AvgIpc) is 2.49. The molecule has 0 aliphatic carbocycles. The summed E-state index contributed by atoms with van der Waals surface area (Å²) in [5.41, 5.74) is 4.39. The van der Waals surface area contributed by atoms with Gasteiger partial charge in [-0.25, -0.2) is 0 Å². The number of hydrogen-bond acceptors (Lipinski definition) is 2. The van der Waals surface area contributed by atoms with Gasteiger partial charge >= 0.3 is 0 Å². The number of hydrogen-bond donors (Lipinski definition) is 1. The van der Waals surface area contributed by atoms with Crippen LogP contribution in [0.15, 0.2) is 54.7 Å². The molecule has 0 bridgehead atoms. The van der Waals surface area contributed by atoms with Crippen LogP contribution >= 0.6 is 11.6 Å². The van der Waals surface area contributed by atoms with Crippen molar-refractivity contribution in [3.05, 3.63) is 65.3 Å². The smallest absolute Gasteiger partial charge is 0.0708 e. The minimum absolute atomic E-state index is 0.774. The van der Waals surface area contributed by atoms with Crippen LogP contribution in [0, 0.1) is 0 Å². The molecule has 0 amide bonds. The van der Waals surface area contributed by atoms with Crippen LogP contribution in [0.25, 0.3) is 22.0 Å². The summed E-state index contributed by atoms with van der Waals surface area (Å²) in [4.78, 5) is 4.39. The Labute approximate surface area is 123 Å². The molecule has 0 spiro atoms. The first-order chi connectivity index (χ1) is 9.79. The molecule has 0 saturated carbocycles. The van der Waals surface area contributed by atoms with E-state index in [2.05, 4.69) is 34.6 Å². The van der Waals surface area contributed by atoms with Crippen molar-refractivity contribution < 1.29 is 0 Å². The van der Waals surface area contributed by atoms with Crippen LogP contribution in [0.3, 0.4) is 0 Å². The normalized spacial score (nSPS) is 10.9. The van der Waals surface area contributed by atoms with Gasteiger partial charge in [-0.3, -0.25) is 4.98 Å². The first-order valence-corrected chi connectivity index (χ1v) is 6.94. The Morgan fingerprint density at radius 1 is 1.10 bits per heavy atom. The van der Waals surface area contributed by atoms with Gasteiger partial charge in [0.15, 0.2) is 0 Å². The van der Waals surface area contributed by atoms with Crippen molar-refractivity contribution >= 4 is 22.5 Å². The molecule has 1 aromatic heterocycles. The van der Waals surface area contributed by atoms with E-state index in [1.807, 2.05) is 37.5 Å². The molecular formula is C17H15ClN2. The third kappa shape index (κ3) is 2.40. The molecule has 100 valence electrons. The SMILES string of the molecule is CNCc1ccc(-c2cccc3ncccc23)cc1Cl. The van der Waals surface area contributed by atoms with Gasteiger partial charge in [0.2, 0.25) is 0 Å². The quantitative estimate of drug-likeness (QED) is 0.776. The van der Waals surface area contributed by atoms with E-state index >= 15 is 0 Å². The first-order valence-electron chi connectivity index (χ1n) is 6.57. The molecule has 0 aliphatic rings. The maximum absolute atomic E-state index is 6.35. The van der Waals surface area contributed by atoms with Crippen molar-refractivity contribution in [3.8, 4) is 11.1 Å². The second kappa shape index (κ2) is 5.61.